The molecule has 1 aromatic rings. The van der Waals surface area contributed by atoms with Crippen molar-refractivity contribution in [2.75, 3.05) is 26.4 Å². The van der Waals surface area contributed by atoms with Gasteiger partial charge in [0, 0.05) is 26.7 Å². The van der Waals surface area contributed by atoms with E-state index >= 15 is 0 Å². The summed E-state index contributed by atoms with van der Waals surface area (Å²) in [5.74, 6) is 0.704. The van der Waals surface area contributed by atoms with E-state index in [-0.39, 0.29) is 24.0 Å². The minimum absolute atomic E-state index is 0. The zero-order valence-electron chi connectivity index (χ0n) is 13.2. The Balaban J connectivity index is 0.00000441. The molecule has 0 fully saturated rings. The topological polar surface area (TPSA) is 82.6 Å². The third-order valence-corrected chi connectivity index (χ3v) is 3.54. The van der Waals surface area contributed by atoms with Crippen molar-refractivity contribution < 1.29 is 8.42 Å². The Labute approximate surface area is 150 Å². The number of aryl methyl sites for hydroxylation is 1. The largest absolute Gasteiger partial charge is 0.356 e. The molecule has 0 radical (unpaired) electrons. The van der Waals surface area contributed by atoms with E-state index in [1.807, 2.05) is 0 Å². The van der Waals surface area contributed by atoms with Crippen molar-refractivity contribution in [2.45, 2.75) is 19.9 Å². The molecule has 0 aliphatic carbocycles. The molecular weight excluding hydrogens is 415 g/mol. The number of halogens is 1. The van der Waals surface area contributed by atoms with Crippen LogP contribution < -0.4 is 15.4 Å². The smallest absolute Gasteiger partial charge is 0.208 e. The zero-order chi connectivity index (χ0) is 15.7. The van der Waals surface area contributed by atoms with E-state index in [2.05, 4.69) is 51.5 Å². The number of nitrogens with zero attached hydrogens (tertiary/aromatic N) is 1. The zero-order valence-corrected chi connectivity index (χ0v) is 16.4. The molecule has 0 aliphatic rings. The molecule has 0 saturated carbocycles. The highest BCUT2D eigenvalue weighted by Gasteiger charge is 2.00. The van der Waals surface area contributed by atoms with Crippen LogP contribution in [0.1, 0.15) is 17.5 Å². The average molecular weight is 440 g/mol. The number of guanidine groups is 1. The molecule has 22 heavy (non-hydrogen) atoms. The van der Waals surface area contributed by atoms with Gasteiger partial charge in [-0.15, -0.1) is 24.0 Å². The molecule has 0 atom stereocenters. The van der Waals surface area contributed by atoms with Crippen molar-refractivity contribution >= 4 is 40.0 Å². The Morgan fingerprint density at radius 3 is 2.32 bits per heavy atom. The number of aliphatic imine (C=N–C) groups is 1. The predicted molar refractivity (Wildman–Crippen MR) is 102 cm³/mol. The third-order valence-electron chi connectivity index (χ3n) is 2.81. The van der Waals surface area contributed by atoms with Crippen LogP contribution in [0.5, 0.6) is 0 Å². The van der Waals surface area contributed by atoms with Gasteiger partial charge in [0.05, 0.1) is 6.26 Å². The van der Waals surface area contributed by atoms with Gasteiger partial charge in [0.1, 0.15) is 0 Å². The maximum atomic E-state index is 10.9. The van der Waals surface area contributed by atoms with E-state index in [4.69, 9.17) is 0 Å². The molecule has 0 aliphatic heterocycles. The highest BCUT2D eigenvalue weighted by molar-refractivity contribution is 14.0. The molecule has 8 heteroatoms. The van der Waals surface area contributed by atoms with E-state index in [1.165, 1.54) is 11.1 Å². The van der Waals surface area contributed by atoms with Crippen molar-refractivity contribution in [3.8, 4) is 0 Å². The fourth-order valence-electron chi connectivity index (χ4n) is 1.67. The summed E-state index contributed by atoms with van der Waals surface area (Å²) in [5, 5.41) is 6.35. The lowest BCUT2D eigenvalue weighted by molar-refractivity contribution is 0.584. The molecule has 0 unspecified atom stereocenters. The van der Waals surface area contributed by atoms with Gasteiger partial charge in [0.25, 0.3) is 0 Å². The van der Waals surface area contributed by atoms with Crippen LogP contribution in [0.25, 0.3) is 0 Å². The van der Waals surface area contributed by atoms with Crippen LogP contribution in [0, 0.1) is 6.92 Å². The van der Waals surface area contributed by atoms with Crippen LogP contribution in [0.3, 0.4) is 0 Å². The summed E-state index contributed by atoms with van der Waals surface area (Å²) >= 11 is 0. The second-order valence-electron chi connectivity index (χ2n) is 4.86. The molecule has 126 valence electrons. The number of sulfonamides is 1. The molecule has 0 aromatic heterocycles. The number of benzene rings is 1. The van der Waals surface area contributed by atoms with Crippen molar-refractivity contribution in [1.82, 2.24) is 15.4 Å². The molecule has 1 aromatic carbocycles. The van der Waals surface area contributed by atoms with E-state index in [9.17, 15) is 8.42 Å². The second kappa shape index (κ2) is 10.8. The first-order chi connectivity index (χ1) is 9.90. The number of hydrogen-bond donors (Lipinski definition) is 3. The summed E-state index contributed by atoms with van der Waals surface area (Å²) in [6, 6.07) is 8.30. The minimum atomic E-state index is -3.10. The Kier molecular flexibility index (Phi) is 10.4. The van der Waals surface area contributed by atoms with Crippen LogP contribution in [0.4, 0.5) is 0 Å². The quantitative estimate of drug-likeness (QED) is 0.258. The van der Waals surface area contributed by atoms with Crippen LogP contribution in [-0.4, -0.2) is 40.8 Å². The normalized spacial score (nSPS) is 11.7. The lowest BCUT2D eigenvalue weighted by atomic mass is 10.1. The molecule has 6 nitrogen and oxygen atoms in total. The summed E-state index contributed by atoms with van der Waals surface area (Å²) in [7, 11) is -1.40. The molecule has 0 bridgehead atoms. The molecule has 0 amide bonds. The predicted octanol–water partition coefficient (Wildman–Crippen LogP) is 1.22. The first-order valence-electron chi connectivity index (χ1n) is 6.85. The van der Waals surface area contributed by atoms with E-state index in [1.54, 1.807) is 7.05 Å². The number of rotatable bonds is 7. The highest BCUT2D eigenvalue weighted by atomic mass is 127. The van der Waals surface area contributed by atoms with Crippen LogP contribution in [0.2, 0.25) is 0 Å². The molecule has 0 saturated heterocycles. The van der Waals surface area contributed by atoms with Crippen molar-refractivity contribution in [2.24, 2.45) is 4.99 Å². The van der Waals surface area contributed by atoms with Crippen LogP contribution in [0.15, 0.2) is 29.3 Å². The number of hydrogen-bond acceptors (Lipinski definition) is 3. The highest BCUT2D eigenvalue weighted by Crippen LogP contribution is 2.02. The van der Waals surface area contributed by atoms with Gasteiger partial charge in [-0.25, -0.2) is 13.1 Å². The third kappa shape index (κ3) is 9.96. The van der Waals surface area contributed by atoms with Crippen LogP contribution >= 0.6 is 24.0 Å². The average Bonchev–Trinajstić information content (AvgIpc) is 2.42. The SMILES string of the molecule is CN=C(NCCCNS(C)(=O)=O)NCc1ccc(C)cc1.I. The lowest BCUT2D eigenvalue weighted by Crippen LogP contribution is -2.38. The first-order valence-corrected chi connectivity index (χ1v) is 8.74. The second-order valence-corrected chi connectivity index (χ2v) is 6.69. The Morgan fingerprint density at radius 2 is 1.77 bits per heavy atom. The monoisotopic (exact) mass is 440 g/mol. The van der Waals surface area contributed by atoms with Gasteiger partial charge in [-0.3, -0.25) is 4.99 Å². The summed E-state index contributed by atoms with van der Waals surface area (Å²) < 4.78 is 24.2. The Morgan fingerprint density at radius 1 is 1.14 bits per heavy atom. The van der Waals surface area contributed by atoms with Gasteiger partial charge < -0.3 is 10.6 Å². The van der Waals surface area contributed by atoms with E-state index < -0.39 is 10.0 Å². The number of nitrogens with one attached hydrogen (secondary N) is 3. The van der Waals surface area contributed by atoms with Gasteiger partial charge in [-0.2, -0.15) is 0 Å². The maximum Gasteiger partial charge on any atom is 0.208 e. The fraction of sp³-hybridized carbons (Fsp3) is 0.500. The van der Waals surface area contributed by atoms with Crippen molar-refractivity contribution in [3.05, 3.63) is 35.4 Å². The standard InChI is InChI=1S/C14H24N4O2S.HI/c1-12-5-7-13(8-6-12)11-17-14(15-2)16-9-4-10-18-21(3,19)20;/h5-8,18H,4,9-11H2,1-3H3,(H2,15,16,17);1H. The van der Waals surface area contributed by atoms with Crippen LogP contribution in [-0.2, 0) is 16.6 Å². The van der Waals surface area contributed by atoms with Gasteiger partial charge in [-0.1, -0.05) is 29.8 Å². The molecule has 3 N–H and O–H groups in total. The Hall–Kier alpha value is -0.870. The minimum Gasteiger partial charge on any atom is -0.356 e. The summed E-state index contributed by atoms with van der Waals surface area (Å²) in [6.45, 7) is 3.82. The summed E-state index contributed by atoms with van der Waals surface area (Å²) in [4.78, 5) is 4.12. The van der Waals surface area contributed by atoms with Gasteiger partial charge in [0.15, 0.2) is 5.96 Å². The summed E-state index contributed by atoms with van der Waals surface area (Å²) in [5.41, 5.74) is 2.42. The maximum absolute atomic E-state index is 10.9. The molecule has 1 rings (SSSR count). The fourth-order valence-corrected chi connectivity index (χ4v) is 2.18. The van der Waals surface area contributed by atoms with E-state index in [0.717, 1.165) is 6.26 Å². The summed E-state index contributed by atoms with van der Waals surface area (Å²) in [6.07, 6.45) is 1.85. The lowest BCUT2D eigenvalue weighted by Gasteiger charge is -2.12. The van der Waals surface area contributed by atoms with Crippen molar-refractivity contribution in [1.29, 1.82) is 0 Å². The molecular formula is C14H25IN4O2S. The van der Waals surface area contributed by atoms with Gasteiger partial charge in [0.2, 0.25) is 10.0 Å². The Bertz CT molecular complexity index is 559. The molecule has 0 spiro atoms. The molecule has 0 heterocycles. The van der Waals surface area contributed by atoms with Crippen molar-refractivity contribution in [3.63, 3.8) is 0 Å². The van der Waals surface area contributed by atoms with E-state index in [0.29, 0.717) is 32.0 Å². The van der Waals surface area contributed by atoms with Gasteiger partial charge >= 0.3 is 0 Å². The first kappa shape index (κ1) is 21.1. The van der Waals surface area contributed by atoms with Gasteiger partial charge in [-0.05, 0) is 18.9 Å².